The SMILES string of the molecule is CCOC1CCCN(Cc2cnc(N)cn2)C1. The summed E-state index contributed by atoms with van der Waals surface area (Å²) >= 11 is 0. The van der Waals surface area contributed by atoms with Crippen LogP contribution in [0, 0.1) is 0 Å². The molecule has 94 valence electrons. The summed E-state index contributed by atoms with van der Waals surface area (Å²) in [7, 11) is 0. The predicted octanol–water partition coefficient (Wildman–Crippen LogP) is 1.06. The van der Waals surface area contributed by atoms with Gasteiger partial charge in [-0.2, -0.15) is 0 Å². The highest BCUT2D eigenvalue weighted by Gasteiger charge is 2.20. The number of hydrogen-bond donors (Lipinski definition) is 1. The van der Waals surface area contributed by atoms with Crippen molar-refractivity contribution in [3.63, 3.8) is 0 Å². The Balaban J connectivity index is 1.87. The maximum atomic E-state index is 5.67. The molecule has 0 spiro atoms. The number of rotatable bonds is 4. The van der Waals surface area contributed by atoms with Crippen LogP contribution in [0.15, 0.2) is 12.4 Å². The molecule has 1 aliphatic heterocycles. The molecule has 2 heterocycles. The molecule has 0 aromatic carbocycles. The minimum atomic E-state index is 0.371. The monoisotopic (exact) mass is 236 g/mol. The van der Waals surface area contributed by atoms with Crippen LogP contribution in [-0.2, 0) is 11.3 Å². The fraction of sp³-hybridized carbons (Fsp3) is 0.667. The first-order valence-electron chi connectivity index (χ1n) is 6.18. The molecule has 0 bridgehead atoms. The van der Waals surface area contributed by atoms with Crippen LogP contribution in [0.1, 0.15) is 25.5 Å². The van der Waals surface area contributed by atoms with E-state index in [2.05, 4.69) is 14.9 Å². The van der Waals surface area contributed by atoms with Crippen LogP contribution in [0.2, 0.25) is 0 Å². The molecule has 1 unspecified atom stereocenters. The van der Waals surface area contributed by atoms with Gasteiger partial charge < -0.3 is 10.5 Å². The third-order valence-corrected chi connectivity index (χ3v) is 2.98. The van der Waals surface area contributed by atoms with E-state index in [1.165, 1.54) is 6.42 Å². The molecule has 0 radical (unpaired) electrons. The second-order valence-corrected chi connectivity index (χ2v) is 4.39. The van der Waals surface area contributed by atoms with Gasteiger partial charge in [-0.05, 0) is 26.3 Å². The molecule has 1 aromatic rings. The molecule has 0 aliphatic carbocycles. The molecule has 1 fully saturated rings. The van der Waals surface area contributed by atoms with Crippen LogP contribution in [0.25, 0.3) is 0 Å². The highest BCUT2D eigenvalue weighted by molar-refractivity contribution is 5.22. The van der Waals surface area contributed by atoms with Crippen molar-refractivity contribution >= 4 is 5.82 Å². The van der Waals surface area contributed by atoms with Crippen molar-refractivity contribution in [1.82, 2.24) is 14.9 Å². The van der Waals surface area contributed by atoms with Gasteiger partial charge in [-0.1, -0.05) is 0 Å². The van der Waals surface area contributed by atoms with E-state index in [1.807, 2.05) is 6.92 Å². The zero-order chi connectivity index (χ0) is 12.1. The Labute approximate surface area is 102 Å². The van der Waals surface area contributed by atoms with Gasteiger partial charge in [-0.15, -0.1) is 0 Å². The first kappa shape index (κ1) is 12.3. The lowest BCUT2D eigenvalue weighted by Crippen LogP contribution is -2.39. The molecule has 5 heteroatoms. The van der Waals surface area contributed by atoms with Gasteiger partial charge in [-0.3, -0.25) is 9.88 Å². The molecule has 1 saturated heterocycles. The average Bonchev–Trinajstić information content (AvgIpc) is 2.33. The number of hydrogen-bond acceptors (Lipinski definition) is 5. The molecule has 1 aliphatic rings. The molecule has 2 rings (SSSR count). The third kappa shape index (κ3) is 3.64. The van der Waals surface area contributed by atoms with Crippen molar-refractivity contribution in [3.8, 4) is 0 Å². The lowest BCUT2D eigenvalue weighted by Gasteiger charge is -2.32. The summed E-state index contributed by atoms with van der Waals surface area (Å²) in [6.07, 6.45) is 6.08. The van der Waals surface area contributed by atoms with Gasteiger partial charge in [0.1, 0.15) is 5.82 Å². The number of piperidine rings is 1. The number of ether oxygens (including phenoxy) is 1. The van der Waals surface area contributed by atoms with E-state index in [4.69, 9.17) is 10.5 Å². The number of likely N-dealkylation sites (tertiary alicyclic amines) is 1. The van der Waals surface area contributed by atoms with E-state index in [0.29, 0.717) is 11.9 Å². The Morgan fingerprint density at radius 2 is 2.35 bits per heavy atom. The Kier molecular flexibility index (Phi) is 4.28. The van der Waals surface area contributed by atoms with Crippen LogP contribution in [-0.4, -0.2) is 40.7 Å². The number of aromatic nitrogens is 2. The second-order valence-electron chi connectivity index (χ2n) is 4.39. The summed E-state index contributed by atoms with van der Waals surface area (Å²) in [5.41, 5.74) is 6.48. The van der Waals surface area contributed by atoms with E-state index >= 15 is 0 Å². The fourth-order valence-corrected chi connectivity index (χ4v) is 2.20. The van der Waals surface area contributed by atoms with Crippen molar-refractivity contribution in [2.75, 3.05) is 25.4 Å². The standard InChI is InChI=1S/C12H20N4O/c1-2-17-11-4-3-5-16(9-11)8-10-6-15-12(13)7-14-10/h6-7,11H,2-5,8-9H2,1H3,(H2,13,15). The minimum Gasteiger partial charge on any atom is -0.382 e. The van der Waals surface area contributed by atoms with Crippen molar-refractivity contribution < 1.29 is 4.74 Å². The molecule has 1 atom stereocenters. The lowest BCUT2D eigenvalue weighted by atomic mass is 10.1. The Morgan fingerprint density at radius 1 is 1.47 bits per heavy atom. The van der Waals surface area contributed by atoms with E-state index in [9.17, 15) is 0 Å². The summed E-state index contributed by atoms with van der Waals surface area (Å²) in [5.74, 6) is 0.472. The molecule has 17 heavy (non-hydrogen) atoms. The van der Waals surface area contributed by atoms with Crippen molar-refractivity contribution in [3.05, 3.63) is 18.1 Å². The summed E-state index contributed by atoms with van der Waals surface area (Å²) < 4.78 is 5.67. The Morgan fingerprint density at radius 3 is 3.06 bits per heavy atom. The van der Waals surface area contributed by atoms with E-state index in [0.717, 1.165) is 38.4 Å². The minimum absolute atomic E-state index is 0.371. The Bertz CT molecular complexity index is 339. The molecule has 5 nitrogen and oxygen atoms in total. The van der Waals surface area contributed by atoms with Crippen LogP contribution in [0.5, 0.6) is 0 Å². The second kappa shape index (κ2) is 5.93. The fourth-order valence-electron chi connectivity index (χ4n) is 2.20. The first-order valence-corrected chi connectivity index (χ1v) is 6.18. The topological polar surface area (TPSA) is 64.3 Å². The van der Waals surface area contributed by atoms with E-state index in [1.54, 1.807) is 12.4 Å². The highest BCUT2D eigenvalue weighted by Crippen LogP contribution is 2.15. The largest absolute Gasteiger partial charge is 0.382 e. The van der Waals surface area contributed by atoms with Crippen molar-refractivity contribution in [2.24, 2.45) is 0 Å². The maximum Gasteiger partial charge on any atom is 0.141 e. The molecule has 1 aromatic heterocycles. The third-order valence-electron chi connectivity index (χ3n) is 2.98. The van der Waals surface area contributed by atoms with Crippen molar-refractivity contribution in [1.29, 1.82) is 0 Å². The number of anilines is 1. The van der Waals surface area contributed by atoms with Gasteiger partial charge in [0.2, 0.25) is 0 Å². The zero-order valence-corrected chi connectivity index (χ0v) is 10.3. The summed E-state index contributed by atoms with van der Waals surface area (Å²) in [6, 6.07) is 0. The molecule has 2 N–H and O–H groups in total. The van der Waals surface area contributed by atoms with E-state index in [-0.39, 0.29) is 0 Å². The lowest BCUT2D eigenvalue weighted by molar-refractivity contribution is 0.00329. The maximum absolute atomic E-state index is 5.67. The normalized spacial score (nSPS) is 21.6. The van der Waals surface area contributed by atoms with Crippen LogP contribution < -0.4 is 5.73 Å². The van der Waals surface area contributed by atoms with E-state index < -0.39 is 0 Å². The highest BCUT2D eigenvalue weighted by atomic mass is 16.5. The van der Waals surface area contributed by atoms with Gasteiger partial charge in [0, 0.05) is 19.7 Å². The molecule has 0 saturated carbocycles. The summed E-state index contributed by atoms with van der Waals surface area (Å²) in [4.78, 5) is 10.7. The van der Waals surface area contributed by atoms with Crippen LogP contribution in [0.3, 0.4) is 0 Å². The predicted molar refractivity (Wildman–Crippen MR) is 66.4 cm³/mol. The van der Waals surface area contributed by atoms with Crippen molar-refractivity contribution in [2.45, 2.75) is 32.4 Å². The molecular weight excluding hydrogens is 216 g/mol. The Hall–Kier alpha value is -1.20. The smallest absolute Gasteiger partial charge is 0.141 e. The quantitative estimate of drug-likeness (QED) is 0.847. The number of nitrogens with two attached hydrogens (primary N) is 1. The first-order chi connectivity index (χ1) is 8.28. The van der Waals surface area contributed by atoms with Crippen LogP contribution >= 0.6 is 0 Å². The van der Waals surface area contributed by atoms with Gasteiger partial charge in [0.05, 0.1) is 24.2 Å². The van der Waals surface area contributed by atoms with Gasteiger partial charge in [0.25, 0.3) is 0 Å². The number of nitrogens with zero attached hydrogens (tertiary/aromatic N) is 3. The van der Waals surface area contributed by atoms with Gasteiger partial charge in [0.15, 0.2) is 0 Å². The molecule has 0 amide bonds. The molecular formula is C12H20N4O. The average molecular weight is 236 g/mol. The summed E-state index contributed by atoms with van der Waals surface area (Å²) in [5, 5.41) is 0. The zero-order valence-electron chi connectivity index (χ0n) is 10.3. The van der Waals surface area contributed by atoms with Crippen LogP contribution in [0.4, 0.5) is 5.82 Å². The summed E-state index contributed by atoms with van der Waals surface area (Å²) in [6.45, 7) is 5.76. The van der Waals surface area contributed by atoms with Gasteiger partial charge in [-0.25, -0.2) is 4.98 Å². The number of nitrogen functional groups attached to an aromatic ring is 1. The van der Waals surface area contributed by atoms with Gasteiger partial charge >= 0.3 is 0 Å².